The number of halogens is 2. The van der Waals surface area contributed by atoms with Crippen molar-refractivity contribution in [2.24, 2.45) is 0 Å². The van der Waals surface area contributed by atoms with E-state index < -0.39 is 15.6 Å². The molecule has 1 aromatic rings. The van der Waals surface area contributed by atoms with Crippen LogP contribution in [-0.2, 0) is 19.3 Å². The summed E-state index contributed by atoms with van der Waals surface area (Å²) >= 11 is 0. The summed E-state index contributed by atoms with van der Waals surface area (Å²) in [6.45, 7) is 1.93. The lowest BCUT2D eigenvalue weighted by atomic mass is 9.89. The van der Waals surface area contributed by atoms with E-state index in [2.05, 4.69) is 5.32 Å². The van der Waals surface area contributed by atoms with Crippen molar-refractivity contribution in [2.75, 3.05) is 25.1 Å². The molecule has 0 amide bonds. The highest BCUT2D eigenvalue weighted by Gasteiger charge is 2.41. The number of rotatable bonds is 4. The van der Waals surface area contributed by atoms with E-state index in [0.29, 0.717) is 25.5 Å². The van der Waals surface area contributed by atoms with Gasteiger partial charge in [-0.2, -0.15) is 8.78 Å². The predicted molar refractivity (Wildman–Crippen MR) is 80.4 cm³/mol. The molecule has 1 spiro atoms. The number of anilines is 1. The summed E-state index contributed by atoms with van der Waals surface area (Å²) in [5, 5.41) is 3.32. The Morgan fingerprint density at radius 1 is 1.22 bits per heavy atom. The van der Waals surface area contributed by atoms with Crippen LogP contribution >= 0.6 is 0 Å². The van der Waals surface area contributed by atoms with Gasteiger partial charge in [0, 0.05) is 31.4 Å². The largest absolute Gasteiger partial charge is 0.382 e. The summed E-state index contributed by atoms with van der Waals surface area (Å²) in [6, 6.07) is 5.63. The van der Waals surface area contributed by atoms with E-state index in [-0.39, 0.29) is 16.5 Å². The summed E-state index contributed by atoms with van der Waals surface area (Å²) in [5.74, 6) is -3.40. The van der Waals surface area contributed by atoms with Gasteiger partial charge in [-0.3, -0.25) is 0 Å². The molecule has 23 heavy (non-hydrogen) atoms. The summed E-state index contributed by atoms with van der Waals surface area (Å²) in [4.78, 5) is -0.370. The van der Waals surface area contributed by atoms with E-state index in [1.807, 2.05) is 0 Å². The third kappa shape index (κ3) is 3.49. The second-order valence-corrected chi connectivity index (χ2v) is 7.92. The lowest BCUT2D eigenvalue weighted by Crippen LogP contribution is -2.44. The molecule has 1 N–H and O–H groups in total. The van der Waals surface area contributed by atoms with Crippen molar-refractivity contribution in [3.8, 4) is 0 Å². The molecule has 2 fully saturated rings. The molecule has 2 aliphatic heterocycles. The SMILES string of the molecule is O=S(=O)(c1ccc(N[C@H]2CCO[C@@]3(CCOC3)C2)cc1)C(F)F. The number of hydrogen-bond acceptors (Lipinski definition) is 5. The van der Waals surface area contributed by atoms with E-state index >= 15 is 0 Å². The molecule has 2 saturated heterocycles. The molecule has 0 aliphatic carbocycles. The van der Waals surface area contributed by atoms with Gasteiger partial charge in [0.15, 0.2) is 0 Å². The van der Waals surface area contributed by atoms with Crippen LogP contribution in [0.15, 0.2) is 29.2 Å². The Balaban J connectivity index is 1.66. The number of hydrogen-bond donors (Lipinski definition) is 1. The van der Waals surface area contributed by atoms with Crippen molar-refractivity contribution >= 4 is 15.5 Å². The zero-order valence-corrected chi connectivity index (χ0v) is 13.3. The number of ether oxygens (including phenoxy) is 2. The van der Waals surface area contributed by atoms with Crippen molar-refractivity contribution in [3.05, 3.63) is 24.3 Å². The van der Waals surface area contributed by atoms with Gasteiger partial charge in [0.05, 0.1) is 17.1 Å². The first-order chi connectivity index (χ1) is 10.9. The van der Waals surface area contributed by atoms with Crippen molar-refractivity contribution in [2.45, 2.75) is 41.6 Å². The molecule has 0 bridgehead atoms. The van der Waals surface area contributed by atoms with Gasteiger partial charge in [0.2, 0.25) is 9.84 Å². The van der Waals surface area contributed by atoms with E-state index in [9.17, 15) is 17.2 Å². The van der Waals surface area contributed by atoms with Crippen LogP contribution in [0.3, 0.4) is 0 Å². The summed E-state index contributed by atoms with van der Waals surface area (Å²) in [5.41, 5.74) is 0.480. The standard InChI is InChI=1S/C15H19F2NO4S/c16-14(17)23(19,20)13-3-1-11(2-4-13)18-12-5-7-22-15(9-12)6-8-21-10-15/h1-4,12,14,18H,5-10H2/t12-,15-/m0/s1. The molecule has 2 heterocycles. The molecule has 0 aromatic heterocycles. The van der Waals surface area contributed by atoms with Crippen molar-refractivity contribution in [3.63, 3.8) is 0 Å². The number of alkyl halides is 2. The Labute approximate surface area is 133 Å². The smallest absolute Gasteiger partial charge is 0.341 e. The zero-order chi connectivity index (χ0) is 16.5. The summed E-state index contributed by atoms with van der Waals surface area (Å²) in [7, 11) is -4.54. The van der Waals surface area contributed by atoms with Crippen LogP contribution in [0.25, 0.3) is 0 Å². The molecule has 1 aromatic carbocycles. The lowest BCUT2D eigenvalue weighted by molar-refractivity contribution is -0.0828. The fraction of sp³-hybridized carbons (Fsp3) is 0.600. The van der Waals surface area contributed by atoms with E-state index in [0.717, 1.165) is 19.3 Å². The molecule has 0 unspecified atom stereocenters. The predicted octanol–water partition coefficient (Wildman–Crippen LogP) is 2.43. The van der Waals surface area contributed by atoms with Gasteiger partial charge in [-0.25, -0.2) is 8.42 Å². The maximum atomic E-state index is 12.5. The van der Waals surface area contributed by atoms with E-state index in [1.165, 1.54) is 24.3 Å². The Morgan fingerprint density at radius 3 is 2.57 bits per heavy atom. The molecular weight excluding hydrogens is 328 g/mol. The van der Waals surface area contributed by atoms with Crippen molar-refractivity contribution in [1.29, 1.82) is 0 Å². The molecule has 0 radical (unpaired) electrons. The van der Waals surface area contributed by atoms with E-state index in [4.69, 9.17) is 9.47 Å². The van der Waals surface area contributed by atoms with Gasteiger partial charge in [0.1, 0.15) is 0 Å². The van der Waals surface area contributed by atoms with Crippen LogP contribution < -0.4 is 5.32 Å². The summed E-state index contributed by atoms with van der Waals surface area (Å²) < 4.78 is 59.1. The normalized spacial score (nSPS) is 28.4. The average Bonchev–Trinajstić information content (AvgIpc) is 2.95. The van der Waals surface area contributed by atoms with Crippen molar-refractivity contribution in [1.82, 2.24) is 0 Å². The molecule has 2 atom stereocenters. The van der Waals surface area contributed by atoms with Gasteiger partial charge in [-0.05, 0) is 37.1 Å². The minimum Gasteiger partial charge on any atom is -0.382 e. The highest BCUT2D eigenvalue weighted by atomic mass is 32.2. The van der Waals surface area contributed by atoms with Gasteiger partial charge in [0.25, 0.3) is 0 Å². The molecule has 8 heteroatoms. The van der Waals surface area contributed by atoms with Gasteiger partial charge in [-0.15, -0.1) is 0 Å². The monoisotopic (exact) mass is 347 g/mol. The van der Waals surface area contributed by atoms with Gasteiger partial charge >= 0.3 is 5.76 Å². The highest BCUT2D eigenvalue weighted by molar-refractivity contribution is 7.91. The Morgan fingerprint density at radius 2 is 1.96 bits per heavy atom. The molecule has 128 valence electrons. The van der Waals surface area contributed by atoms with Crippen LogP contribution in [0.2, 0.25) is 0 Å². The van der Waals surface area contributed by atoms with Crippen molar-refractivity contribution < 1.29 is 26.7 Å². The van der Waals surface area contributed by atoms with Crippen LogP contribution in [0.1, 0.15) is 19.3 Å². The quantitative estimate of drug-likeness (QED) is 0.906. The second kappa shape index (κ2) is 6.33. The molecule has 0 saturated carbocycles. The third-order valence-electron chi connectivity index (χ3n) is 4.35. The number of benzene rings is 1. The molecule has 5 nitrogen and oxygen atoms in total. The van der Waals surface area contributed by atoms with Crippen LogP contribution in [-0.4, -0.2) is 45.6 Å². The Kier molecular flexibility index (Phi) is 4.57. The Hall–Kier alpha value is -1.25. The van der Waals surface area contributed by atoms with Gasteiger partial charge < -0.3 is 14.8 Å². The van der Waals surface area contributed by atoms with Crippen LogP contribution in [0.5, 0.6) is 0 Å². The maximum absolute atomic E-state index is 12.5. The minimum absolute atomic E-state index is 0.183. The molecule has 3 rings (SSSR count). The average molecular weight is 347 g/mol. The first kappa shape index (κ1) is 16.6. The van der Waals surface area contributed by atoms with E-state index in [1.54, 1.807) is 0 Å². The third-order valence-corrected chi connectivity index (χ3v) is 5.75. The molecular formula is C15H19F2NO4S. The maximum Gasteiger partial charge on any atom is 0.341 e. The first-order valence-electron chi connectivity index (χ1n) is 7.52. The fourth-order valence-electron chi connectivity index (χ4n) is 3.09. The molecule has 2 aliphatic rings. The summed E-state index contributed by atoms with van der Waals surface area (Å²) in [6.07, 6.45) is 2.51. The highest BCUT2D eigenvalue weighted by Crippen LogP contribution is 2.34. The zero-order valence-electron chi connectivity index (χ0n) is 12.5. The minimum atomic E-state index is -4.54. The Bertz CT molecular complexity index is 642. The number of sulfone groups is 1. The van der Waals surface area contributed by atoms with Crippen LogP contribution in [0, 0.1) is 0 Å². The lowest BCUT2D eigenvalue weighted by Gasteiger charge is -2.37. The number of nitrogens with one attached hydrogen (secondary N) is 1. The van der Waals surface area contributed by atoms with Crippen LogP contribution in [0.4, 0.5) is 14.5 Å². The van der Waals surface area contributed by atoms with Gasteiger partial charge in [-0.1, -0.05) is 0 Å². The second-order valence-electron chi connectivity index (χ2n) is 6.00. The first-order valence-corrected chi connectivity index (χ1v) is 9.06. The fourth-order valence-corrected chi connectivity index (χ4v) is 3.81. The topological polar surface area (TPSA) is 64.6 Å².